The molecule has 0 fully saturated rings. The van der Waals surface area contributed by atoms with Crippen molar-refractivity contribution in [2.45, 2.75) is 13.0 Å². The van der Waals surface area contributed by atoms with Crippen LogP contribution in [0.4, 0.5) is 0 Å². The molecule has 0 radical (unpaired) electrons. The van der Waals surface area contributed by atoms with Gasteiger partial charge in [0, 0.05) is 11.6 Å². The average molecular weight is 408 g/mol. The third kappa shape index (κ3) is 5.21. The van der Waals surface area contributed by atoms with Gasteiger partial charge >= 0.3 is 0 Å². The molecule has 1 amide bonds. The van der Waals surface area contributed by atoms with Gasteiger partial charge in [0.1, 0.15) is 6.61 Å². The number of methoxy groups -OCH3 is 2. The van der Waals surface area contributed by atoms with Crippen molar-refractivity contribution in [3.05, 3.63) is 58.1 Å². The number of carbonyl (C=O) groups is 1. The van der Waals surface area contributed by atoms with Crippen molar-refractivity contribution in [3.8, 4) is 11.5 Å². The van der Waals surface area contributed by atoms with Gasteiger partial charge in [0.2, 0.25) is 0 Å². The molecule has 0 aliphatic rings. The van der Waals surface area contributed by atoms with E-state index in [2.05, 4.69) is 21.2 Å². The van der Waals surface area contributed by atoms with E-state index in [4.69, 9.17) is 14.2 Å². The Hall–Kier alpha value is -2.05. The first kappa shape index (κ1) is 19.3. The lowest BCUT2D eigenvalue weighted by atomic mass is 10.1. The van der Waals surface area contributed by atoms with Crippen LogP contribution in [-0.4, -0.2) is 33.3 Å². The highest BCUT2D eigenvalue weighted by atomic mass is 79.9. The Morgan fingerprint density at radius 3 is 2.56 bits per heavy atom. The third-order valence-electron chi connectivity index (χ3n) is 3.70. The predicted octanol–water partition coefficient (Wildman–Crippen LogP) is 3.97. The minimum atomic E-state index is -0.179. The molecule has 5 nitrogen and oxygen atoms in total. The van der Waals surface area contributed by atoms with Crippen LogP contribution in [0.3, 0.4) is 0 Å². The molecule has 25 heavy (non-hydrogen) atoms. The molecule has 0 bridgehead atoms. The Balaban J connectivity index is 2.09. The second-order valence-corrected chi connectivity index (χ2v) is 6.28. The fourth-order valence-electron chi connectivity index (χ4n) is 2.31. The van der Waals surface area contributed by atoms with E-state index >= 15 is 0 Å². The monoisotopic (exact) mass is 407 g/mol. The number of nitrogens with one attached hydrogen (secondary N) is 1. The number of hydrogen-bond acceptors (Lipinski definition) is 4. The summed E-state index contributed by atoms with van der Waals surface area (Å²) in [4.78, 5) is 12.4. The zero-order valence-corrected chi connectivity index (χ0v) is 16.1. The van der Waals surface area contributed by atoms with Crippen molar-refractivity contribution in [1.29, 1.82) is 0 Å². The van der Waals surface area contributed by atoms with Gasteiger partial charge in [0.15, 0.2) is 11.5 Å². The summed E-state index contributed by atoms with van der Waals surface area (Å²) in [6.45, 7) is 2.87. The van der Waals surface area contributed by atoms with E-state index in [9.17, 15) is 4.79 Å². The zero-order valence-electron chi connectivity index (χ0n) is 14.5. The minimum Gasteiger partial charge on any atom is -0.493 e. The van der Waals surface area contributed by atoms with E-state index in [0.717, 1.165) is 10.0 Å². The molecular formula is C19H22BrNO4. The van der Waals surface area contributed by atoms with Crippen LogP contribution in [0, 0.1) is 0 Å². The minimum absolute atomic E-state index is 0.139. The van der Waals surface area contributed by atoms with E-state index in [1.54, 1.807) is 20.3 Å². The molecule has 2 aromatic rings. The molecule has 0 spiro atoms. The van der Waals surface area contributed by atoms with Crippen LogP contribution >= 0.6 is 15.9 Å². The van der Waals surface area contributed by atoms with Crippen LogP contribution in [0.5, 0.6) is 11.5 Å². The van der Waals surface area contributed by atoms with E-state index in [-0.39, 0.29) is 11.9 Å². The second-order valence-electron chi connectivity index (χ2n) is 5.43. The van der Waals surface area contributed by atoms with Crippen molar-refractivity contribution in [3.63, 3.8) is 0 Å². The summed E-state index contributed by atoms with van der Waals surface area (Å²) in [5, 5.41) is 2.99. The SMILES string of the molecule is COCCOc1ccc([C@@H](C)NC(=O)c2ccccc2Br)cc1OC. The molecule has 0 aliphatic heterocycles. The standard InChI is InChI=1S/C19H22BrNO4/c1-13(21-19(22)15-6-4-5-7-16(15)20)14-8-9-17(18(12-14)24-3)25-11-10-23-2/h4-9,12-13H,10-11H2,1-3H3,(H,21,22)/t13-/m1/s1. The lowest BCUT2D eigenvalue weighted by Crippen LogP contribution is -2.27. The summed E-state index contributed by atoms with van der Waals surface area (Å²) in [5.74, 6) is 1.13. The summed E-state index contributed by atoms with van der Waals surface area (Å²) >= 11 is 3.40. The van der Waals surface area contributed by atoms with Crippen molar-refractivity contribution in [2.75, 3.05) is 27.4 Å². The number of carbonyl (C=O) groups excluding carboxylic acids is 1. The van der Waals surface area contributed by atoms with Gasteiger partial charge in [-0.15, -0.1) is 0 Å². The molecule has 0 aromatic heterocycles. The summed E-state index contributed by atoms with van der Waals surface area (Å²) in [7, 11) is 3.21. The highest BCUT2D eigenvalue weighted by molar-refractivity contribution is 9.10. The molecule has 0 saturated heterocycles. The Labute approximate surface area is 156 Å². The molecule has 2 aromatic carbocycles. The van der Waals surface area contributed by atoms with Crippen molar-refractivity contribution < 1.29 is 19.0 Å². The largest absolute Gasteiger partial charge is 0.493 e. The Morgan fingerprint density at radius 2 is 1.88 bits per heavy atom. The number of hydrogen-bond donors (Lipinski definition) is 1. The van der Waals surface area contributed by atoms with E-state index in [1.807, 2.05) is 43.3 Å². The third-order valence-corrected chi connectivity index (χ3v) is 4.39. The maximum Gasteiger partial charge on any atom is 0.252 e. The van der Waals surface area contributed by atoms with Gasteiger partial charge in [0.25, 0.3) is 5.91 Å². The van der Waals surface area contributed by atoms with E-state index in [1.165, 1.54) is 0 Å². The van der Waals surface area contributed by atoms with Crippen molar-refractivity contribution >= 4 is 21.8 Å². The fourth-order valence-corrected chi connectivity index (χ4v) is 2.78. The lowest BCUT2D eigenvalue weighted by Gasteiger charge is -2.17. The number of ether oxygens (including phenoxy) is 3. The lowest BCUT2D eigenvalue weighted by molar-refractivity contribution is 0.0939. The van der Waals surface area contributed by atoms with Crippen molar-refractivity contribution in [1.82, 2.24) is 5.32 Å². The van der Waals surface area contributed by atoms with Gasteiger partial charge in [-0.3, -0.25) is 4.79 Å². The maximum atomic E-state index is 12.4. The van der Waals surface area contributed by atoms with Gasteiger partial charge in [-0.05, 0) is 52.7 Å². The van der Waals surface area contributed by atoms with Crippen LogP contribution in [-0.2, 0) is 4.74 Å². The molecule has 6 heteroatoms. The Kier molecular flexibility index (Phi) is 7.28. The number of rotatable bonds is 8. The number of benzene rings is 2. The topological polar surface area (TPSA) is 56.8 Å². The maximum absolute atomic E-state index is 12.4. The summed E-state index contributed by atoms with van der Waals surface area (Å²) in [6, 6.07) is 12.8. The van der Waals surface area contributed by atoms with Gasteiger partial charge in [-0.25, -0.2) is 0 Å². The number of halogens is 1. The summed E-state index contributed by atoms with van der Waals surface area (Å²) in [5.41, 5.74) is 1.53. The summed E-state index contributed by atoms with van der Waals surface area (Å²) < 4.78 is 16.8. The van der Waals surface area contributed by atoms with E-state index in [0.29, 0.717) is 30.3 Å². The van der Waals surface area contributed by atoms with Gasteiger partial charge in [-0.1, -0.05) is 18.2 Å². The molecule has 1 atom stereocenters. The molecule has 0 saturated carbocycles. The first-order valence-corrected chi connectivity index (χ1v) is 8.71. The zero-order chi connectivity index (χ0) is 18.2. The van der Waals surface area contributed by atoms with Crippen LogP contribution in [0.2, 0.25) is 0 Å². The number of amides is 1. The van der Waals surface area contributed by atoms with Crippen molar-refractivity contribution in [2.24, 2.45) is 0 Å². The molecule has 1 N–H and O–H groups in total. The highest BCUT2D eigenvalue weighted by Crippen LogP contribution is 2.30. The highest BCUT2D eigenvalue weighted by Gasteiger charge is 2.15. The predicted molar refractivity (Wildman–Crippen MR) is 100 cm³/mol. The van der Waals surface area contributed by atoms with Crippen LogP contribution < -0.4 is 14.8 Å². The molecule has 134 valence electrons. The first-order chi connectivity index (χ1) is 12.1. The quantitative estimate of drug-likeness (QED) is 0.672. The van der Waals surface area contributed by atoms with E-state index < -0.39 is 0 Å². The van der Waals surface area contributed by atoms with Crippen LogP contribution in [0.15, 0.2) is 46.9 Å². The first-order valence-electron chi connectivity index (χ1n) is 7.92. The molecule has 0 unspecified atom stereocenters. The molecular weight excluding hydrogens is 386 g/mol. The van der Waals surface area contributed by atoms with Gasteiger partial charge < -0.3 is 19.5 Å². The Morgan fingerprint density at radius 1 is 1.12 bits per heavy atom. The molecule has 2 rings (SSSR count). The Bertz CT molecular complexity index is 720. The normalized spacial score (nSPS) is 11.7. The fraction of sp³-hybridized carbons (Fsp3) is 0.316. The van der Waals surface area contributed by atoms with Gasteiger partial charge in [-0.2, -0.15) is 0 Å². The molecule has 0 heterocycles. The molecule has 0 aliphatic carbocycles. The van der Waals surface area contributed by atoms with Crippen LogP contribution in [0.25, 0.3) is 0 Å². The summed E-state index contributed by atoms with van der Waals surface area (Å²) in [6.07, 6.45) is 0. The smallest absolute Gasteiger partial charge is 0.252 e. The average Bonchev–Trinajstić information content (AvgIpc) is 2.62. The van der Waals surface area contributed by atoms with Gasteiger partial charge in [0.05, 0.1) is 25.3 Å². The second kappa shape index (κ2) is 9.44. The van der Waals surface area contributed by atoms with Crippen LogP contribution in [0.1, 0.15) is 28.9 Å².